The van der Waals surface area contributed by atoms with Crippen molar-refractivity contribution in [3.05, 3.63) is 12.2 Å². The van der Waals surface area contributed by atoms with Gasteiger partial charge in [0.25, 0.3) is 0 Å². The molecule has 6 nitrogen and oxygen atoms in total. The molecule has 0 saturated heterocycles. The maximum atomic E-state index is 11.0. The molecular formula is C7H12N4O2. The van der Waals surface area contributed by atoms with Gasteiger partial charge >= 0.3 is 0 Å². The van der Waals surface area contributed by atoms with Crippen LogP contribution in [0.25, 0.3) is 0 Å². The van der Waals surface area contributed by atoms with Crippen molar-refractivity contribution in [2.75, 3.05) is 13.2 Å². The number of aromatic nitrogens is 3. The SMILES string of the molecule is CCOCC(=O)NCc1ncn[nH]1. The molecule has 0 aliphatic carbocycles. The van der Waals surface area contributed by atoms with Crippen LogP contribution in [0.15, 0.2) is 6.33 Å². The molecule has 0 unspecified atom stereocenters. The Morgan fingerprint density at radius 2 is 2.62 bits per heavy atom. The van der Waals surface area contributed by atoms with Crippen molar-refractivity contribution in [3.63, 3.8) is 0 Å². The first-order chi connectivity index (χ1) is 6.33. The third kappa shape index (κ3) is 3.66. The molecule has 6 heteroatoms. The zero-order valence-electron chi connectivity index (χ0n) is 7.41. The number of ether oxygens (including phenoxy) is 1. The van der Waals surface area contributed by atoms with Gasteiger partial charge in [0.2, 0.25) is 5.91 Å². The lowest BCUT2D eigenvalue weighted by atomic mass is 10.5. The van der Waals surface area contributed by atoms with Gasteiger partial charge in [-0.05, 0) is 6.92 Å². The minimum Gasteiger partial charge on any atom is -0.372 e. The summed E-state index contributed by atoms with van der Waals surface area (Å²) in [7, 11) is 0. The van der Waals surface area contributed by atoms with Gasteiger partial charge in [0.05, 0.1) is 6.54 Å². The number of aromatic amines is 1. The van der Waals surface area contributed by atoms with Gasteiger partial charge in [-0.15, -0.1) is 0 Å². The van der Waals surface area contributed by atoms with Crippen LogP contribution in [0.1, 0.15) is 12.7 Å². The Morgan fingerprint density at radius 3 is 3.23 bits per heavy atom. The van der Waals surface area contributed by atoms with Crippen LogP contribution in [-0.2, 0) is 16.1 Å². The number of hydrogen-bond acceptors (Lipinski definition) is 4. The van der Waals surface area contributed by atoms with Crippen LogP contribution in [0.5, 0.6) is 0 Å². The van der Waals surface area contributed by atoms with Crippen molar-refractivity contribution in [2.24, 2.45) is 0 Å². The monoisotopic (exact) mass is 184 g/mol. The molecule has 1 rings (SSSR count). The van der Waals surface area contributed by atoms with Crippen LogP contribution in [0, 0.1) is 0 Å². The predicted octanol–water partition coefficient (Wildman–Crippen LogP) is -0.543. The van der Waals surface area contributed by atoms with Crippen molar-refractivity contribution in [3.8, 4) is 0 Å². The zero-order chi connectivity index (χ0) is 9.52. The number of nitrogens with one attached hydrogen (secondary N) is 2. The summed E-state index contributed by atoms with van der Waals surface area (Å²) >= 11 is 0. The van der Waals surface area contributed by atoms with E-state index in [0.717, 1.165) is 0 Å². The van der Waals surface area contributed by atoms with E-state index in [9.17, 15) is 4.79 Å². The van der Waals surface area contributed by atoms with Crippen molar-refractivity contribution < 1.29 is 9.53 Å². The van der Waals surface area contributed by atoms with E-state index < -0.39 is 0 Å². The summed E-state index contributed by atoms with van der Waals surface area (Å²) in [6, 6.07) is 0. The third-order valence-corrected chi connectivity index (χ3v) is 1.36. The Labute approximate surface area is 75.7 Å². The van der Waals surface area contributed by atoms with Crippen LogP contribution >= 0.6 is 0 Å². The van der Waals surface area contributed by atoms with E-state index in [1.54, 1.807) is 0 Å². The van der Waals surface area contributed by atoms with Crippen LogP contribution < -0.4 is 5.32 Å². The molecule has 0 bridgehead atoms. The molecular weight excluding hydrogens is 172 g/mol. The van der Waals surface area contributed by atoms with E-state index in [1.165, 1.54) is 6.33 Å². The molecule has 1 aromatic rings. The Balaban J connectivity index is 2.15. The van der Waals surface area contributed by atoms with E-state index in [1.807, 2.05) is 6.92 Å². The second-order valence-corrected chi connectivity index (χ2v) is 2.35. The second-order valence-electron chi connectivity index (χ2n) is 2.35. The van der Waals surface area contributed by atoms with E-state index >= 15 is 0 Å². The van der Waals surface area contributed by atoms with Gasteiger partial charge < -0.3 is 10.1 Å². The first-order valence-electron chi connectivity index (χ1n) is 4.01. The first kappa shape index (κ1) is 9.66. The van der Waals surface area contributed by atoms with E-state index in [0.29, 0.717) is 19.0 Å². The van der Waals surface area contributed by atoms with Gasteiger partial charge in [0.1, 0.15) is 18.8 Å². The molecule has 1 aromatic heterocycles. The minimum absolute atomic E-state index is 0.0879. The molecule has 0 aliphatic heterocycles. The number of nitrogens with zero attached hydrogens (tertiary/aromatic N) is 2. The van der Waals surface area contributed by atoms with Crippen molar-refractivity contribution in [2.45, 2.75) is 13.5 Å². The molecule has 1 amide bonds. The van der Waals surface area contributed by atoms with Gasteiger partial charge in [-0.2, -0.15) is 5.10 Å². The molecule has 72 valence electrons. The maximum Gasteiger partial charge on any atom is 0.246 e. The average Bonchev–Trinajstić information content (AvgIpc) is 2.64. The molecule has 0 saturated carbocycles. The number of amides is 1. The summed E-state index contributed by atoms with van der Waals surface area (Å²) in [6.07, 6.45) is 1.39. The lowest BCUT2D eigenvalue weighted by Crippen LogP contribution is -2.27. The summed E-state index contributed by atoms with van der Waals surface area (Å²) in [5.41, 5.74) is 0. The van der Waals surface area contributed by atoms with E-state index in [4.69, 9.17) is 4.74 Å². The topological polar surface area (TPSA) is 79.9 Å². The van der Waals surface area contributed by atoms with Gasteiger partial charge in [0.15, 0.2) is 0 Å². The predicted molar refractivity (Wildman–Crippen MR) is 44.7 cm³/mol. The third-order valence-electron chi connectivity index (χ3n) is 1.36. The van der Waals surface area contributed by atoms with Gasteiger partial charge in [-0.1, -0.05) is 0 Å². The lowest BCUT2D eigenvalue weighted by Gasteiger charge is -2.01. The molecule has 0 aliphatic rings. The molecule has 0 radical (unpaired) electrons. The lowest BCUT2D eigenvalue weighted by molar-refractivity contribution is -0.125. The first-order valence-corrected chi connectivity index (χ1v) is 4.01. The highest BCUT2D eigenvalue weighted by Crippen LogP contribution is 1.83. The fourth-order valence-electron chi connectivity index (χ4n) is 0.744. The summed E-state index contributed by atoms with van der Waals surface area (Å²) < 4.78 is 4.91. The van der Waals surface area contributed by atoms with E-state index in [2.05, 4.69) is 20.5 Å². The van der Waals surface area contributed by atoms with Crippen molar-refractivity contribution in [1.29, 1.82) is 0 Å². The number of carbonyl (C=O) groups excluding carboxylic acids is 1. The van der Waals surface area contributed by atoms with Crippen LogP contribution in [-0.4, -0.2) is 34.3 Å². The standard InChI is InChI=1S/C7H12N4O2/c1-2-13-4-7(12)8-3-6-9-5-10-11-6/h5H,2-4H2,1H3,(H,8,12)(H,9,10,11). The average molecular weight is 184 g/mol. The summed E-state index contributed by atoms with van der Waals surface area (Å²) in [4.78, 5) is 14.8. The molecule has 1 heterocycles. The van der Waals surface area contributed by atoms with Gasteiger partial charge in [-0.25, -0.2) is 4.98 Å². The Bertz CT molecular complexity index is 247. The molecule has 0 aromatic carbocycles. The summed E-state index contributed by atoms with van der Waals surface area (Å²) in [6.45, 7) is 2.82. The van der Waals surface area contributed by atoms with Crippen molar-refractivity contribution >= 4 is 5.91 Å². The number of H-pyrrole nitrogens is 1. The highest BCUT2D eigenvalue weighted by Gasteiger charge is 2.01. The summed E-state index contributed by atoms with van der Waals surface area (Å²) in [5.74, 6) is 0.475. The molecule has 0 fully saturated rings. The normalized spacial score (nSPS) is 9.92. The fraction of sp³-hybridized carbons (Fsp3) is 0.571. The Kier molecular flexibility index (Phi) is 3.90. The highest BCUT2D eigenvalue weighted by molar-refractivity contribution is 5.76. The number of hydrogen-bond donors (Lipinski definition) is 2. The Hall–Kier alpha value is -1.43. The number of carbonyl (C=O) groups is 1. The van der Waals surface area contributed by atoms with Gasteiger partial charge in [0, 0.05) is 6.61 Å². The van der Waals surface area contributed by atoms with Gasteiger partial charge in [-0.3, -0.25) is 9.89 Å². The molecule has 13 heavy (non-hydrogen) atoms. The Morgan fingerprint density at radius 1 is 1.77 bits per heavy atom. The van der Waals surface area contributed by atoms with E-state index in [-0.39, 0.29) is 12.5 Å². The fourth-order valence-corrected chi connectivity index (χ4v) is 0.744. The zero-order valence-corrected chi connectivity index (χ0v) is 7.41. The molecule has 0 spiro atoms. The van der Waals surface area contributed by atoms with Crippen molar-refractivity contribution in [1.82, 2.24) is 20.5 Å². The summed E-state index contributed by atoms with van der Waals surface area (Å²) in [5, 5.41) is 8.90. The molecule has 2 N–H and O–H groups in total. The largest absolute Gasteiger partial charge is 0.372 e. The smallest absolute Gasteiger partial charge is 0.246 e. The number of rotatable bonds is 5. The van der Waals surface area contributed by atoms with Crippen LogP contribution in [0.2, 0.25) is 0 Å². The second kappa shape index (κ2) is 5.26. The minimum atomic E-state index is -0.154. The highest BCUT2D eigenvalue weighted by atomic mass is 16.5. The van der Waals surface area contributed by atoms with Crippen LogP contribution in [0.4, 0.5) is 0 Å². The van der Waals surface area contributed by atoms with Crippen LogP contribution in [0.3, 0.4) is 0 Å². The maximum absolute atomic E-state index is 11.0. The molecule has 0 atom stereocenters. The quantitative estimate of drug-likeness (QED) is 0.644.